The molecule has 3 rings (SSSR count). The average Bonchev–Trinajstić information content (AvgIpc) is 2.39. The molecule has 1 saturated heterocycles. The van der Waals surface area contributed by atoms with Crippen LogP contribution < -0.4 is 10.6 Å². The Morgan fingerprint density at radius 3 is 2.83 bits per heavy atom. The summed E-state index contributed by atoms with van der Waals surface area (Å²) in [5, 5.41) is 6.04. The summed E-state index contributed by atoms with van der Waals surface area (Å²) in [4.78, 5) is 13.8. The number of halogens is 1. The smallest absolute Gasteiger partial charge is 0.317 e. The maximum atomic E-state index is 13.7. The molecular formula is C13H16FN3O. The number of nitrogens with zero attached hydrogens (tertiary/aromatic N) is 1. The van der Waals surface area contributed by atoms with Gasteiger partial charge in [-0.1, -0.05) is 6.07 Å². The first kappa shape index (κ1) is 11.5. The average molecular weight is 249 g/mol. The first-order valence-corrected chi connectivity index (χ1v) is 6.31. The van der Waals surface area contributed by atoms with Crippen molar-refractivity contribution in [1.82, 2.24) is 10.2 Å². The summed E-state index contributed by atoms with van der Waals surface area (Å²) >= 11 is 0. The molecule has 5 heteroatoms. The van der Waals surface area contributed by atoms with Gasteiger partial charge in [0.1, 0.15) is 5.82 Å². The number of anilines is 1. The van der Waals surface area contributed by atoms with Crippen LogP contribution in [-0.4, -0.2) is 30.1 Å². The number of nitrogens with one attached hydrogen (secondary N) is 2. The molecule has 1 aromatic rings. The first-order chi connectivity index (χ1) is 8.75. The SMILES string of the molecule is O=C1Nc2cccc(F)c2CN1C1CCNCC1. The summed E-state index contributed by atoms with van der Waals surface area (Å²) in [6.45, 7) is 2.20. The van der Waals surface area contributed by atoms with Gasteiger partial charge in [-0.3, -0.25) is 0 Å². The van der Waals surface area contributed by atoms with E-state index in [2.05, 4.69) is 10.6 Å². The molecule has 0 aliphatic carbocycles. The van der Waals surface area contributed by atoms with Gasteiger partial charge in [-0.25, -0.2) is 9.18 Å². The van der Waals surface area contributed by atoms with Crippen molar-refractivity contribution in [3.63, 3.8) is 0 Å². The molecule has 4 nitrogen and oxygen atoms in total. The van der Waals surface area contributed by atoms with Gasteiger partial charge in [0.2, 0.25) is 0 Å². The molecule has 2 N–H and O–H groups in total. The first-order valence-electron chi connectivity index (χ1n) is 6.31. The van der Waals surface area contributed by atoms with E-state index >= 15 is 0 Å². The van der Waals surface area contributed by atoms with Crippen LogP contribution in [0.15, 0.2) is 18.2 Å². The van der Waals surface area contributed by atoms with Crippen LogP contribution in [-0.2, 0) is 6.54 Å². The molecular weight excluding hydrogens is 233 g/mol. The minimum absolute atomic E-state index is 0.111. The number of carbonyl (C=O) groups excluding carboxylic acids is 1. The van der Waals surface area contributed by atoms with Crippen LogP contribution in [0.4, 0.5) is 14.9 Å². The van der Waals surface area contributed by atoms with Crippen LogP contribution >= 0.6 is 0 Å². The second-order valence-electron chi connectivity index (χ2n) is 4.81. The van der Waals surface area contributed by atoms with Crippen molar-refractivity contribution in [3.8, 4) is 0 Å². The highest BCUT2D eigenvalue weighted by Crippen LogP contribution is 2.28. The van der Waals surface area contributed by atoms with Gasteiger partial charge in [0.15, 0.2) is 0 Å². The summed E-state index contributed by atoms with van der Waals surface area (Å²) in [6, 6.07) is 4.90. The van der Waals surface area contributed by atoms with Crippen molar-refractivity contribution in [2.75, 3.05) is 18.4 Å². The van der Waals surface area contributed by atoms with Crippen molar-refractivity contribution < 1.29 is 9.18 Å². The third-order valence-electron chi connectivity index (χ3n) is 3.70. The molecule has 2 aliphatic heterocycles. The number of carbonyl (C=O) groups is 1. The van der Waals surface area contributed by atoms with Gasteiger partial charge in [0.05, 0.1) is 12.2 Å². The van der Waals surface area contributed by atoms with E-state index in [1.807, 2.05) is 0 Å². The van der Waals surface area contributed by atoms with E-state index in [4.69, 9.17) is 0 Å². The van der Waals surface area contributed by atoms with Crippen LogP contribution in [0.1, 0.15) is 18.4 Å². The largest absolute Gasteiger partial charge is 0.322 e. The lowest BCUT2D eigenvalue weighted by molar-refractivity contribution is 0.162. The Labute approximate surface area is 105 Å². The van der Waals surface area contributed by atoms with E-state index in [0.29, 0.717) is 17.8 Å². The summed E-state index contributed by atoms with van der Waals surface area (Å²) in [5.41, 5.74) is 1.20. The van der Waals surface area contributed by atoms with Crippen molar-refractivity contribution in [2.24, 2.45) is 0 Å². The molecule has 0 saturated carbocycles. The van der Waals surface area contributed by atoms with E-state index in [-0.39, 0.29) is 17.9 Å². The number of hydrogen-bond acceptors (Lipinski definition) is 2. The van der Waals surface area contributed by atoms with Crippen LogP contribution in [0.3, 0.4) is 0 Å². The van der Waals surface area contributed by atoms with Gasteiger partial charge < -0.3 is 15.5 Å². The standard InChI is InChI=1S/C13H16FN3O/c14-11-2-1-3-12-10(11)8-17(13(18)16-12)9-4-6-15-7-5-9/h1-3,9,15H,4-8H2,(H,16,18). The van der Waals surface area contributed by atoms with E-state index < -0.39 is 0 Å². The van der Waals surface area contributed by atoms with Gasteiger partial charge in [-0.15, -0.1) is 0 Å². The predicted molar refractivity (Wildman–Crippen MR) is 66.9 cm³/mol. The highest BCUT2D eigenvalue weighted by molar-refractivity contribution is 5.92. The molecule has 2 aliphatic rings. The zero-order chi connectivity index (χ0) is 12.5. The monoisotopic (exact) mass is 249 g/mol. The van der Waals surface area contributed by atoms with Gasteiger partial charge in [-0.05, 0) is 38.1 Å². The predicted octanol–water partition coefficient (Wildman–Crippen LogP) is 1.93. The fourth-order valence-corrected chi connectivity index (χ4v) is 2.68. The van der Waals surface area contributed by atoms with Gasteiger partial charge in [0.25, 0.3) is 0 Å². The second kappa shape index (κ2) is 4.57. The van der Waals surface area contributed by atoms with Crippen molar-refractivity contribution >= 4 is 11.7 Å². The number of benzene rings is 1. The third kappa shape index (κ3) is 1.95. The highest BCUT2D eigenvalue weighted by Gasteiger charge is 2.30. The molecule has 0 spiro atoms. The molecule has 18 heavy (non-hydrogen) atoms. The Morgan fingerprint density at radius 1 is 1.28 bits per heavy atom. The number of rotatable bonds is 1. The molecule has 0 radical (unpaired) electrons. The Balaban J connectivity index is 1.86. The van der Waals surface area contributed by atoms with E-state index in [0.717, 1.165) is 25.9 Å². The molecule has 96 valence electrons. The number of hydrogen-bond donors (Lipinski definition) is 2. The van der Waals surface area contributed by atoms with E-state index in [1.54, 1.807) is 17.0 Å². The van der Waals surface area contributed by atoms with E-state index in [9.17, 15) is 9.18 Å². The molecule has 1 fully saturated rings. The number of piperidine rings is 1. The Kier molecular flexibility index (Phi) is 2.91. The zero-order valence-electron chi connectivity index (χ0n) is 10.1. The normalized spacial score (nSPS) is 20.5. The minimum Gasteiger partial charge on any atom is -0.317 e. The minimum atomic E-state index is -0.244. The summed E-state index contributed by atoms with van der Waals surface area (Å²) in [5.74, 6) is -0.244. The lowest BCUT2D eigenvalue weighted by Gasteiger charge is -2.37. The maximum absolute atomic E-state index is 13.7. The topological polar surface area (TPSA) is 44.4 Å². The zero-order valence-corrected chi connectivity index (χ0v) is 10.1. The summed E-state index contributed by atoms with van der Waals surface area (Å²) < 4.78 is 13.7. The Hall–Kier alpha value is -1.62. The highest BCUT2D eigenvalue weighted by atomic mass is 19.1. The fraction of sp³-hybridized carbons (Fsp3) is 0.462. The molecule has 2 heterocycles. The van der Waals surface area contributed by atoms with Crippen molar-refractivity contribution in [3.05, 3.63) is 29.6 Å². The van der Waals surface area contributed by atoms with Crippen LogP contribution in [0.2, 0.25) is 0 Å². The fourth-order valence-electron chi connectivity index (χ4n) is 2.68. The lowest BCUT2D eigenvalue weighted by Crippen LogP contribution is -2.49. The molecule has 0 atom stereocenters. The maximum Gasteiger partial charge on any atom is 0.322 e. The van der Waals surface area contributed by atoms with Gasteiger partial charge in [-0.2, -0.15) is 0 Å². The van der Waals surface area contributed by atoms with Crippen LogP contribution in [0, 0.1) is 5.82 Å². The number of urea groups is 1. The van der Waals surface area contributed by atoms with Gasteiger partial charge >= 0.3 is 6.03 Å². The molecule has 0 bridgehead atoms. The lowest BCUT2D eigenvalue weighted by atomic mass is 10.0. The number of fused-ring (bicyclic) bond motifs is 1. The quantitative estimate of drug-likeness (QED) is 0.798. The Bertz CT molecular complexity index is 471. The molecule has 0 unspecified atom stereocenters. The second-order valence-corrected chi connectivity index (χ2v) is 4.81. The molecule has 0 aromatic heterocycles. The van der Waals surface area contributed by atoms with Crippen LogP contribution in [0.25, 0.3) is 0 Å². The summed E-state index contributed by atoms with van der Waals surface area (Å²) in [7, 11) is 0. The molecule has 2 amide bonds. The van der Waals surface area contributed by atoms with Crippen LogP contribution in [0.5, 0.6) is 0 Å². The number of amides is 2. The van der Waals surface area contributed by atoms with Crippen molar-refractivity contribution in [2.45, 2.75) is 25.4 Å². The molecule has 1 aromatic carbocycles. The van der Waals surface area contributed by atoms with Gasteiger partial charge in [0, 0.05) is 11.6 Å². The van der Waals surface area contributed by atoms with Crippen molar-refractivity contribution in [1.29, 1.82) is 0 Å². The summed E-state index contributed by atoms with van der Waals surface area (Å²) in [6.07, 6.45) is 1.86. The Morgan fingerprint density at radius 2 is 2.06 bits per heavy atom. The third-order valence-corrected chi connectivity index (χ3v) is 3.70. The van der Waals surface area contributed by atoms with E-state index in [1.165, 1.54) is 6.07 Å².